The molecule has 0 bridgehead atoms. The SMILES string of the molecule is N=C(C=CN)c1ccc(Oc2ccc(OCCCN3CCCC3=O)cc2)cc1. The van der Waals surface area contributed by atoms with Crippen LogP contribution in [0.15, 0.2) is 60.8 Å². The second kappa shape index (κ2) is 9.60. The molecule has 6 heteroatoms. The van der Waals surface area contributed by atoms with E-state index in [-0.39, 0.29) is 5.91 Å². The maximum atomic E-state index is 11.6. The number of nitrogens with two attached hydrogens (primary N) is 1. The molecule has 1 aliphatic rings. The van der Waals surface area contributed by atoms with Crippen molar-refractivity contribution in [3.8, 4) is 17.2 Å². The molecule has 1 amide bonds. The molecule has 146 valence electrons. The van der Waals surface area contributed by atoms with E-state index >= 15 is 0 Å². The summed E-state index contributed by atoms with van der Waals surface area (Å²) in [5, 5.41) is 7.83. The van der Waals surface area contributed by atoms with E-state index in [1.165, 1.54) is 12.3 Å². The predicted molar refractivity (Wildman–Crippen MR) is 109 cm³/mol. The molecular weight excluding hydrogens is 354 g/mol. The van der Waals surface area contributed by atoms with E-state index in [4.69, 9.17) is 20.6 Å². The van der Waals surface area contributed by atoms with Crippen LogP contribution in [-0.4, -0.2) is 36.2 Å². The molecule has 1 aliphatic heterocycles. The van der Waals surface area contributed by atoms with Crippen molar-refractivity contribution in [2.75, 3.05) is 19.7 Å². The fourth-order valence-electron chi connectivity index (χ4n) is 3.02. The van der Waals surface area contributed by atoms with Crippen LogP contribution < -0.4 is 15.2 Å². The average Bonchev–Trinajstić information content (AvgIpc) is 3.12. The van der Waals surface area contributed by atoms with Crippen molar-refractivity contribution < 1.29 is 14.3 Å². The van der Waals surface area contributed by atoms with Gasteiger partial charge in [0, 0.05) is 19.5 Å². The minimum absolute atomic E-state index is 0.252. The Morgan fingerprint density at radius 3 is 2.32 bits per heavy atom. The van der Waals surface area contributed by atoms with E-state index in [0.717, 1.165) is 37.2 Å². The Labute approximate surface area is 165 Å². The lowest BCUT2D eigenvalue weighted by Gasteiger charge is -2.15. The molecule has 0 radical (unpaired) electrons. The van der Waals surface area contributed by atoms with E-state index in [2.05, 4.69) is 0 Å². The van der Waals surface area contributed by atoms with Crippen molar-refractivity contribution in [3.05, 3.63) is 66.4 Å². The average molecular weight is 379 g/mol. The Bertz CT molecular complexity index is 829. The van der Waals surface area contributed by atoms with Crippen molar-refractivity contribution in [1.29, 1.82) is 5.41 Å². The van der Waals surface area contributed by atoms with Gasteiger partial charge in [0.15, 0.2) is 0 Å². The van der Waals surface area contributed by atoms with Gasteiger partial charge in [-0.1, -0.05) is 0 Å². The molecule has 2 aromatic carbocycles. The zero-order chi connectivity index (χ0) is 19.8. The number of allylic oxidation sites excluding steroid dienone is 1. The summed E-state index contributed by atoms with van der Waals surface area (Å²) >= 11 is 0. The lowest BCUT2D eigenvalue weighted by molar-refractivity contribution is -0.127. The summed E-state index contributed by atoms with van der Waals surface area (Å²) in [7, 11) is 0. The van der Waals surface area contributed by atoms with Crippen molar-refractivity contribution in [2.24, 2.45) is 5.73 Å². The smallest absolute Gasteiger partial charge is 0.222 e. The molecule has 1 saturated heterocycles. The summed E-state index contributed by atoms with van der Waals surface area (Å²) in [5.41, 5.74) is 6.43. The molecule has 3 N–H and O–H groups in total. The van der Waals surface area contributed by atoms with E-state index in [9.17, 15) is 4.79 Å². The van der Waals surface area contributed by atoms with Gasteiger partial charge in [0.1, 0.15) is 17.2 Å². The standard InChI is InChI=1S/C22H25N3O3/c23-13-12-21(24)17-4-6-19(7-5-17)28-20-10-8-18(9-11-20)27-16-2-15-25-14-1-3-22(25)26/h4-13,24H,1-3,14-16,23H2. The Balaban J connectivity index is 1.45. The van der Waals surface area contributed by atoms with Gasteiger partial charge in [-0.2, -0.15) is 0 Å². The number of amides is 1. The number of carbonyl (C=O) groups excluding carboxylic acids is 1. The summed E-state index contributed by atoms with van der Waals surface area (Å²) < 4.78 is 11.6. The number of benzene rings is 2. The number of nitrogens with zero attached hydrogens (tertiary/aromatic N) is 1. The molecular formula is C22H25N3O3. The largest absolute Gasteiger partial charge is 0.494 e. The molecule has 1 fully saturated rings. The topological polar surface area (TPSA) is 88.6 Å². The van der Waals surface area contributed by atoms with Gasteiger partial charge in [0.25, 0.3) is 0 Å². The monoisotopic (exact) mass is 379 g/mol. The minimum atomic E-state index is 0.252. The van der Waals surface area contributed by atoms with Gasteiger partial charge in [0.05, 0.1) is 12.3 Å². The number of rotatable bonds is 9. The van der Waals surface area contributed by atoms with Gasteiger partial charge in [0.2, 0.25) is 5.91 Å². The summed E-state index contributed by atoms with van der Waals surface area (Å²) in [6.45, 7) is 2.21. The van der Waals surface area contributed by atoms with E-state index in [1.807, 2.05) is 53.4 Å². The van der Waals surface area contributed by atoms with Crippen LogP contribution in [-0.2, 0) is 4.79 Å². The number of carbonyl (C=O) groups is 1. The van der Waals surface area contributed by atoms with E-state index in [0.29, 0.717) is 30.2 Å². The summed E-state index contributed by atoms with van der Waals surface area (Å²) in [5.74, 6) is 2.43. The maximum Gasteiger partial charge on any atom is 0.222 e. The number of hydrogen-bond acceptors (Lipinski definition) is 5. The van der Waals surface area contributed by atoms with Crippen molar-refractivity contribution in [2.45, 2.75) is 19.3 Å². The summed E-state index contributed by atoms with van der Waals surface area (Å²) in [6, 6.07) is 14.7. The molecule has 28 heavy (non-hydrogen) atoms. The zero-order valence-corrected chi connectivity index (χ0v) is 15.8. The molecule has 0 aliphatic carbocycles. The van der Waals surface area contributed by atoms with Gasteiger partial charge in [-0.15, -0.1) is 0 Å². The molecule has 0 aromatic heterocycles. The summed E-state index contributed by atoms with van der Waals surface area (Å²) in [6.07, 6.45) is 5.36. The van der Waals surface area contributed by atoms with Crippen LogP contribution in [0.1, 0.15) is 24.8 Å². The van der Waals surface area contributed by atoms with Crippen LogP contribution in [0.4, 0.5) is 0 Å². The number of ether oxygens (including phenoxy) is 2. The quantitative estimate of drug-likeness (QED) is 0.513. The third kappa shape index (κ3) is 5.36. The third-order valence-corrected chi connectivity index (χ3v) is 4.50. The van der Waals surface area contributed by atoms with Crippen LogP contribution >= 0.6 is 0 Å². The van der Waals surface area contributed by atoms with Gasteiger partial charge < -0.3 is 25.5 Å². The van der Waals surface area contributed by atoms with Crippen molar-refractivity contribution >= 4 is 11.6 Å². The van der Waals surface area contributed by atoms with Crippen LogP contribution in [0.25, 0.3) is 0 Å². The fraction of sp³-hybridized carbons (Fsp3) is 0.273. The van der Waals surface area contributed by atoms with Crippen LogP contribution in [0, 0.1) is 5.41 Å². The normalized spacial score (nSPS) is 13.9. The van der Waals surface area contributed by atoms with Gasteiger partial charge in [-0.3, -0.25) is 4.79 Å². The minimum Gasteiger partial charge on any atom is -0.494 e. The highest BCUT2D eigenvalue weighted by Crippen LogP contribution is 2.24. The Morgan fingerprint density at radius 1 is 1.07 bits per heavy atom. The van der Waals surface area contributed by atoms with Gasteiger partial charge in [-0.25, -0.2) is 0 Å². The van der Waals surface area contributed by atoms with Crippen LogP contribution in [0.2, 0.25) is 0 Å². The molecule has 0 saturated carbocycles. The molecule has 6 nitrogen and oxygen atoms in total. The third-order valence-electron chi connectivity index (χ3n) is 4.50. The second-order valence-corrected chi connectivity index (χ2v) is 6.56. The molecule has 3 rings (SSSR count). The number of nitrogens with one attached hydrogen (secondary N) is 1. The molecule has 2 aromatic rings. The first-order valence-electron chi connectivity index (χ1n) is 9.41. The highest BCUT2D eigenvalue weighted by atomic mass is 16.5. The van der Waals surface area contributed by atoms with Gasteiger partial charge >= 0.3 is 0 Å². The van der Waals surface area contributed by atoms with Crippen LogP contribution in [0.5, 0.6) is 17.2 Å². The molecule has 0 atom stereocenters. The molecule has 0 unspecified atom stereocenters. The first-order chi connectivity index (χ1) is 13.7. The first kappa shape index (κ1) is 19.5. The fourth-order valence-corrected chi connectivity index (χ4v) is 3.02. The maximum absolute atomic E-state index is 11.6. The number of hydrogen-bond donors (Lipinski definition) is 2. The van der Waals surface area contributed by atoms with E-state index in [1.54, 1.807) is 0 Å². The van der Waals surface area contributed by atoms with Crippen molar-refractivity contribution in [3.63, 3.8) is 0 Å². The Hall–Kier alpha value is -3.28. The van der Waals surface area contributed by atoms with Crippen molar-refractivity contribution in [1.82, 2.24) is 4.90 Å². The lowest BCUT2D eigenvalue weighted by Crippen LogP contribution is -2.26. The first-order valence-corrected chi connectivity index (χ1v) is 9.41. The molecule has 0 spiro atoms. The highest BCUT2D eigenvalue weighted by molar-refractivity contribution is 6.06. The van der Waals surface area contributed by atoms with Gasteiger partial charge in [-0.05, 0) is 79.2 Å². The van der Waals surface area contributed by atoms with Crippen LogP contribution in [0.3, 0.4) is 0 Å². The predicted octanol–water partition coefficient (Wildman–Crippen LogP) is 3.71. The molecule has 1 heterocycles. The number of likely N-dealkylation sites (tertiary alicyclic amines) is 1. The lowest BCUT2D eigenvalue weighted by atomic mass is 10.1. The summed E-state index contributed by atoms with van der Waals surface area (Å²) in [4.78, 5) is 13.5. The second-order valence-electron chi connectivity index (χ2n) is 6.56. The van der Waals surface area contributed by atoms with E-state index < -0.39 is 0 Å². The highest BCUT2D eigenvalue weighted by Gasteiger charge is 2.18. The zero-order valence-electron chi connectivity index (χ0n) is 15.8. The Morgan fingerprint density at radius 2 is 1.71 bits per heavy atom. The Kier molecular flexibility index (Phi) is 6.68.